The molecule has 0 saturated heterocycles. The van der Waals surface area contributed by atoms with Crippen LogP contribution in [0.25, 0.3) is 11.5 Å². The van der Waals surface area contributed by atoms with Crippen LogP contribution in [0.4, 0.5) is 4.39 Å². The van der Waals surface area contributed by atoms with Gasteiger partial charge in [0.15, 0.2) is 5.82 Å². The van der Waals surface area contributed by atoms with Crippen LogP contribution in [0.15, 0.2) is 22.7 Å². The minimum atomic E-state index is -0.492. The van der Waals surface area contributed by atoms with Crippen molar-refractivity contribution in [3.63, 3.8) is 0 Å². The first-order valence-electron chi connectivity index (χ1n) is 6.13. The fourth-order valence-electron chi connectivity index (χ4n) is 1.53. The van der Waals surface area contributed by atoms with Gasteiger partial charge >= 0.3 is 0 Å². The SMILES string of the molecule is CC(C)OCC(N)c1noc(-c2ccc(F)cc2Cl)n1. The number of halogens is 2. The number of hydrogen-bond acceptors (Lipinski definition) is 5. The van der Waals surface area contributed by atoms with Gasteiger partial charge in [-0.1, -0.05) is 16.8 Å². The summed E-state index contributed by atoms with van der Waals surface area (Å²) in [4.78, 5) is 4.16. The lowest BCUT2D eigenvalue weighted by Gasteiger charge is -2.10. The molecule has 7 heteroatoms. The molecule has 0 aliphatic heterocycles. The van der Waals surface area contributed by atoms with Crippen LogP contribution in [0.2, 0.25) is 5.02 Å². The highest BCUT2D eigenvalue weighted by atomic mass is 35.5. The molecule has 1 aromatic carbocycles. The number of benzene rings is 1. The third kappa shape index (κ3) is 3.53. The molecule has 5 nitrogen and oxygen atoms in total. The molecule has 2 rings (SSSR count). The molecule has 0 saturated carbocycles. The molecule has 2 N–H and O–H groups in total. The normalized spacial score (nSPS) is 12.9. The molecular formula is C13H15ClFN3O2. The Kier molecular flexibility index (Phi) is 4.69. The van der Waals surface area contributed by atoms with E-state index in [4.69, 9.17) is 26.6 Å². The molecule has 0 bridgehead atoms. The second kappa shape index (κ2) is 6.30. The molecule has 0 amide bonds. The van der Waals surface area contributed by atoms with Gasteiger partial charge in [0.05, 0.1) is 29.3 Å². The van der Waals surface area contributed by atoms with Gasteiger partial charge in [0, 0.05) is 0 Å². The van der Waals surface area contributed by atoms with E-state index < -0.39 is 11.9 Å². The fraction of sp³-hybridized carbons (Fsp3) is 0.385. The second-order valence-corrected chi connectivity index (χ2v) is 4.98. The van der Waals surface area contributed by atoms with Crippen LogP contribution in [0.3, 0.4) is 0 Å². The van der Waals surface area contributed by atoms with Gasteiger partial charge in [-0.05, 0) is 32.0 Å². The van der Waals surface area contributed by atoms with Crippen LogP contribution < -0.4 is 5.73 Å². The van der Waals surface area contributed by atoms with Crippen molar-refractivity contribution in [2.24, 2.45) is 5.73 Å². The van der Waals surface area contributed by atoms with Gasteiger partial charge in [-0.15, -0.1) is 0 Å². The van der Waals surface area contributed by atoms with Crippen molar-refractivity contribution < 1.29 is 13.7 Å². The molecule has 1 aromatic heterocycles. The maximum atomic E-state index is 13.0. The summed E-state index contributed by atoms with van der Waals surface area (Å²) in [6.07, 6.45) is 0.0685. The van der Waals surface area contributed by atoms with Gasteiger partial charge in [0.25, 0.3) is 5.89 Å². The van der Waals surface area contributed by atoms with Crippen LogP contribution in [-0.4, -0.2) is 22.9 Å². The fourth-order valence-corrected chi connectivity index (χ4v) is 1.78. The van der Waals surface area contributed by atoms with Crippen LogP contribution in [-0.2, 0) is 4.74 Å². The number of aromatic nitrogens is 2. The van der Waals surface area contributed by atoms with E-state index in [1.165, 1.54) is 18.2 Å². The Hall–Kier alpha value is -1.50. The average Bonchev–Trinajstić information content (AvgIpc) is 2.85. The highest BCUT2D eigenvalue weighted by molar-refractivity contribution is 6.33. The lowest BCUT2D eigenvalue weighted by atomic mass is 10.2. The second-order valence-electron chi connectivity index (χ2n) is 4.57. The first-order chi connectivity index (χ1) is 9.47. The number of nitrogens with zero attached hydrogens (tertiary/aromatic N) is 2. The highest BCUT2D eigenvalue weighted by Gasteiger charge is 2.17. The Bertz CT molecular complexity index is 589. The molecule has 1 atom stereocenters. The Balaban J connectivity index is 2.16. The zero-order valence-corrected chi connectivity index (χ0v) is 11.9. The number of ether oxygens (including phenoxy) is 1. The van der Waals surface area contributed by atoms with Gasteiger partial charge in [0.2, 0.25) is 0 Å². The summed E-state index contributed by atoms with van der Waals surface area (Å²) in [6, 6.07) is 3.44. The van der Waals surface area contributed by atoms with Crippen LogP contribution in [0.5, 0.6) is 0 Å². The summed E-state index contributed by atoms with van der Waals surface area (Å²) in [5, 5.41) is 3.99. The largest absolute Gasteiger partial charge is 0.377 e. The van der Waals surface area contributed by atoms with E-state index in [1.807, 2.05) is 13.8 Å². The highest BCUT2D eigenvalue weighted by Crippen LogP contribution is 2.27. The van der Waals surface area contributed by atoms with Gasteiger partial charge in [-0.3, -0.25) is 0 Å². The minimum absolute atomic E-state index is 0.0685. The third-order valence-corrected chi connectivity index (χ3v) is 2.86. The van der Waals surface area contributed by atoms with Crippen LogP contribution in [0.1, 0.15) is 25.7 Å². The molecule has 0 aliphatic rings. The van der Waals surface area contributed by atoms with Crippen LogP contribution >= 0.6 is 11.6 Å². The van der Waals surface area contributed by atoms with Crippen molar-refractivity contribution in [2.45, 2.75) is 26.0 Å². The van der Waals surface area contributed by atoms with Crippen molar-refractivity contribution >= 4 is 11.6 Å². The van der Waals surface area contributed by atoms with Crippen molar-refractivity contribution in [3.8, 4) is 11.5 Å². The van der Waals surface area contributed by atoms with E-state index >= 15 is 0 Å². The average molecular weight is 300 g/mol. The molecular weight excluding hydrogens is 285 g/mol. The zero-order chi connectivity index (χ0) is 14.7. The lowest BCUT2D eigenvalue weighted by Crippen LogP contribution is -2.20. The van der Waals surface area contributed by atoms with Crippen molar-refractivity contribution in [1.82, 2.24) is 10.1 Å². The predicted octanol–water partition coefficient (Wildman–Crippen LogP) is 2.95. The number of nitrogens with two attached hydrogens (primary N) is 1. The first-order valence-corrected chi connectivity index (χ1v) is 6.51. The zero-order valence-electron chi connectivity index (χ0n) is 11.1. The van der Waals surface area contributed by atoms with E-state index in [-0.39, 0.29) is 23.6 Å². The van der Waals surface area contributed by atoms with Gasteiger partial charge < -0.3 is 15.0 Å². The smallest absolute Gasteiger partial charge is 0.259 e. The number of rotatable bonds is 5. The topological polar surface area (TPSA) is 74.2 Å². The monoisotopic (exact) mass is 299 g/mol. The standard InChI is InChI=1S/C13H15ClFN3O2/c1-7(2)19-6-11(16)12-17-13(20-18-12)9-4-3-8(15)5-10(9)14/h3-5,7,11H,6,16H2,1-2H3. The van der Waals surface area contributed by atoms with E-state index in [0.717, 1.165) is 0 Å². The molecule has 0 spiro atoms. The summed E-state index contributed by atoms with van der Waals surface area (Å²) in [7, 11) is 0. The van der Waals surface area contributed by atoms with Crippen molar-refractivity contribution in [3.05, 3.63) is 34.9 Å². The van der Waals surface area contributed by atoms with Crippen molar-refractivity contribution in [2.75, 3.05) is 6.61 Å². The Labute approximate surface area is 120 Å². The molecule has 20 heavy (non-hydrogen) atoms. The molecule has 0 fully saturated rings. The summed E-state index contributed by atoms with van der Waals surface area (Å²) in [6.45, 7) is 4.10. The van der Waals surface area contributed by atoms with Crippen LogP contribution in [0, 0.1) is 5.82 Å². The maximum absolute atomic E-state index is 13.0. The maximum Gasteiger partial charge on any atom is 0.259 e. The van der Waals surface area contributed by atoms with E-state index in [2.05, 4.69) is 10.1 Å². The molecule has 2 aromatic rings. The lowest BCUT2D eigenvalue weighted by molar-refractivity contribution is 0.0665. The summed E-state index contributed by atoms with van der Waals surface area (Å²) < 4.78 is 23.5. The molecule has 0 aliphatic carbocycles. The molecule has 1 heterocycles. The first kappa shape index (κ1) is 14.9. The summed E-state index contributed by atoms with van der Waals surface area (Å²) >= 11 is 5.93. The van der Waals surface area contributed by atoms with Crippen molar-refractivity contribution in [1.29, 1.82) is 0 Å². The third-order valence-electron chi connectivity index (χ3n) is 2.54. The molecule has 0 radical (unpaired) electrons. The number of hydrogen-bond donors (Lipinski definition) is 1. The Morgan fingerprint density at radius 2 is 2.20 bits per heavy atom. The van der Waals surface area contributed by atoms with Gasteiger partial charge in [-0.25, -0.2) is 4.39 Å². The summed E-state index contributed by atoms with van der Waals surface area (Å²) in [5.41, 5.74) is 6.36. The Morgan fingerprint density at radius 1 is 1.45 bits per heavy atom. The Morgan fingerprint density at radius 3 is 2.85 bits per heavy atom. The molecule has 108 valence electrons. The summed E-state index contributed by atoms with van der Waals surface area (Å²) in [5.74, 6) is 0.0894. The minimum Gasteiger partial charge on any atom is -0.377 e. The van der Waals surface area contributed by atoms with Gasteiger partial charge in [-0.2, -0.15) is 4.98 Å². The predicted molar refractivity (Wildman–Crippen MR) is 72.7 cm³/mol. The van der Waals surface area contributed by atoms with E-state index in [1.54, 1.807) is 0 Å². The van der Waals surface area contributed by atoms with Gasteiger partial charge in [0.1, 0.15) is 5.82 Å². The quantitative estimate of drug-likeness (QED) is 0.918. The van der Waals surface area contributed by atoms with E-state index in [9.17, 15) is 4.39 Å². The van der Waals surface area contributed by atoms with E-state index in [0.29, 0.717) is 11.4 Å². The molecule has 1 unspecified atom stereocenters.